The summed E-state index contributed by atoms with van der Waals surface area (Å²) in [7, 11) is -3.02. The van der Waals surface area contributed by atoms with E-state index in [1.807, 2.05) is 0 Å². The van der Waals surface area contributed by atoms with Crippen molar-refractivity contribution in [3.05, 3.63) is 33.3 Å². The summed E-state index contributed by atoms with van der Waals surface area (Å²) in [6.07, 6.45) is 0.460. The lowest BCUT2D eigenvalue weighted by molar-refractivity contribution is -0.384. The molecular formula is C10H11ClN2O4S. The Kier molecular flexibility index (Phi) is 3.45. The zero-order chi connectivity index (χ0) is 13.3. The molecule has 6 nitrogen and oxygen atoms in total. The zero-order valence-electron chi connectivity index (χ0n) is 9.30. The second-order valence-corrected chi connectivity index (χ2v) is 6.83. The van der Waals surface area contributed by atoms with Crippen molar-refractivity contribution in [2.24, 2.45) is 0 Å². The van der Waals surface area contributed by atoms with E-state index in [1.165, 1.54) is 18.2 Å². The Morgan fingerprint density at radius 1 is 1.44 bits per heavy atom. The first-order valence-electron chi connectivity index (χ1n) is 5.28. The largest absolute Gasteiger partial charge is 0.376 e. The molecule has 1 aliphatic heterocycles. The Bertz CT molecular complexity index is 588. The average Bonchev–Trinajstić information content (AvgIpc) is 2.60. The molecule has 98 valence electrons. The molecule has 1 aromatic carbocycles. The van der Waals surface area contributed by atoms with Gasteiger partial charge in [0.1, 0.15) is 5.69 Å². The third-order valence-corrected chi connectivity index (χ3v) is 4.75. The van der Waals surface area contributed by atoms with E-state index in [4.69, 9.17) is 11.6 Å². The van der Waals surface area contributed by atoms with Gasteiger partial charge in [-0.25, -0.2) is 8.42 Å². The maximum Gasteiger partial charge on any atom is 0.293 e. The maximum absolute atomic E-state index is 11.3. The van der Waals surface area contributed by atoms with Crippen molar-refractivity contribution in [2.45, 2.75) is 12.5 Å². The fourth-order valence-corrected chi connectivity index (χ4v) is 3.75. The minimum absolute atomic E-state index is 0.00673. The molecule has 0 radical (unpaired) electrons. The Balaban J connectivity index is 2.22. The fraction of sp³-hybridized carbons (Fsp3) is 0.400. The zero-order valence-corrected chi connectivity index (χ0v) is 10.9. The number of nitro groups is 1. The molecule has 1 fully saturated rings. The minimum Gasteiger partial charge on any atom is -0.376 e. The highest BCUT2D eigenvalue weighted by atomic mass is 35.5. The molecule has 1 N–H and O–H groups in total. The molecule has 8 heteroatoms. The van der Waals surface area contributed by atoms with E-state index in [0.29, 0.717) is 12.1 Å². The highest BCUT2D eigenvalue weighted by Crippen LogP contribution is 2.29. The number of hydrogen-bond donors (Lipinski definition) is 1. The van der Waals surface area contributed by atoms with Gasteiger partial charge in [0.25, 0.3) is 5.69 Å². The summed E-state index contributed by atoms with van der Waals surface area (Å²) in [5.74, 6) is 0.124. The number of nitrogens with zero attached hydrogens (tertiary/aromatic N) is 1. The molecule has 0 saturated carbocycles. The highest BCUT2D eigenvalue weighted by Gasteiger charge is 2.29. The van der Waals surface area contributed by atoms with Gasteiger partial charge in [-0.3, -0.25) is 10.1 Å². The van der Waals surface area contributed by atoms with Crippen molar-refractivity contribution in [3.8, 4) is 0 Å². The first kappa shape index (κ1) is 13.1. The average molecular weight is 291 g/mol. The van der Waals surface area contributed by atoms with Gasteiger partial charge in [0, 0.05) is 17.1 Å². The van der Waals surface area contributed by atoms with Crippen LogP contribution in [0.3, 0.4) is 0 Å². The molecule has 0 unspecified atom stereocenters. The van der Waals surface area contributed by atoms with Crippen LogP contribution in [0.25, 0.3) is 0 Å². The van der Waals surface area contributed by atoms with Gasteiger partial charge in [-0.05, 0) is 18.6 Å². The van der Waals surface area contributed by atoms with E-state index in [2.05, 4.69) is 5.32 Å². The van der Waals surface area contributed by atoms with Crippen molar-refractivity contribution >= 4 is 32.8 Å². The maximum atomic E-state index is 11.3. The molecule has 1 saturated heterocycles. The normalized spacial score (nSPS) is 21.7. The van der Waals surface area contributed by atoms with Crippen molar-refractivity contribution in [2.75, 3.05) is 16.8 Å². The topological polar surface area (TPSA) is 89.3 Å². The molecule has 1 aromatic rings. The third kappa shape index (κ3) is 2.91. The van der Waals surface area contributed by atoms with E-state index in [0.717, 1.165) is 0 Å². The summed E-state index contributed by atoms with van der Waals surface area (Å²) >= 11 is 5.69. The SMILES string of the molecule is O=[N+]([O-])c1cc(Cl)ccc1N[C@@H]1CCS(=O)(=O)C1. The van der Waals surface area contributed by atoms with Gasteiger partial charge in [-0.2, -0.15) is 0 Å². The van der Waals surface area contributed by atoms with E-state index < -0.39 is 14.8 Å². The van der Waals surface area contributed by atoms with Gasteiger partial charge in [-0.1, -0.05) is 11.6 Å². The number of anilines is 1. The van der Waals surface area contributed by atoms with Crippen LogP contribution in [0, 0.1) is 10.1 Å². The third-order valence-electron chi connectivity index (χ3n) is 2.75. The summed E-state index contributed by atoms with van der Waals surface area (Å²) in [6.45, 7) is 0. The van der Waals surface area contributed by atoms with Gasteiger partial charge >= 0.3 is 0 Å². The molecule has 1 heterocycles. The van der Waals surface area contributed by atoms with Gasteiger partial charge in [0.05, 0.1) is 16.4 Å². The van der Waals surface area contributed by atoms with Crippen LogP contribution in [0.15, 0.2) is 18.2 Å². The van der Waals surface area contributed by atoms with E-state index in [-0.39, 0.29) is 28.3 Å². The molecular weight excluding hydrogens is 280 g/mol. The van der Waals surface area contributed by atoms with Crippen LogP contribution in [0.5, 0.6) is 0 Å². The second kappa shape index (κ2) is 4.74. The monoisotopic (exact) mass is 290 g/mol. The Hall–Kier alpha value is -1.34. The molecule has 0 aliphatic carbocycles. The standard InChI is InChI=1S/C10H11ClN2O4S/c11-7-1-2-9(10(5-7)13(14)15)12-8-3-4-18(16,17)6-8/h1-2,5,8,12H,3-4,6H2/t8-/m1/s1. The highest BCUT2D eigenvalue weighted by molar-refractivity contribution is 7.91. The number of sulfone groups is 1. The molecule has 2 rings (SSSR count). The Morgan fingerprint density at radius 2 is 2.17 bits per heavy atom. The van der Waals surface area contributed by atoms with Crippen LogP contribution in [0.4, 0.5) is 11.4 Å². The number of nitrogens with one attached hydrogen (secondary N) is 1. The summed E-state index contributed by atoms with van der Waals surface area (Å²) in [4.78, 5) is 10.3. The molecule has 1 aliphatic rings. The molecule has 1 atom stereocenters. The number of benzene rings is 1. The van der Waals surface area contributed by atoms with E-state index in [9.17, 15) is 18.5 Å². The van der Waals surface area contributed by atoms with Crippen LogP contribution in [0.2, 0.25) is 5.02 Å². The van der Waals surface area contributed by atoms with E-state index in [1.54, 1.807) is 0 Å². The number of hydrogen-bond acceptors (Lipinski definition) is 5. The first-order chi connectivity index (χ1) is 8.37. The van der Waals surface area contributed by atoms with Crippen molar-refractivity contribution in [1.29, 1.82) is 0 Å². The lowest BCUT2D eigenvalue weighted by Gasteiger charge is -2.12. The van der Waals surface area contributed by atoms with Crippen LogP contribution >= 0.6 is 11.6 Å². The summed E-state index contributed by atoms with van der Waals surface area (Å²) in [6, 6.07) is 3.98. The molecule has 0 amide bonds. The van der Waals surface area contributed by atoms with Crippen molar-refractivity contribution in [1.82, 2.24) is 0 Å². The minimum atomic E-state index is -3.02. The lowest BCUT2D eigenvalue weighted by Crippen LogP contribution is -2.21. The van der Waals surface area contributed by atoms with Gasteiger partial charge < -0.3 is 5.32 Å². The Labute approximate surface area is 109 Å². The number of halogens is 1. The first-order valence-corrected chi connectivity index (χ1v) is 7.48. The number of nitro benzene ring substituents is 1. The predicted molar refractivity (Wildman–Crippen MR) is 68.8 cm³/mol. The van der Waals surface area contributed by atoms with Crippen LogP contribution in [-0.4, -0.2) is 30.9 Å². The van der Waals surface area contributed by atoms with Gasteiger partial charge in [0.2, 0.25) is 0 Å². The van der Waals surface area contributed by atoms with Crippen LogP contribution < -0.4 is 5.32 Å². The quantitative estimate of drug-likeness (QED) is 0.678. The van der Waals surface area contributed by atoms with Gasteiger partial charge in [-0.15, -0.1) is 0 Å². The van der Waals surface area contributed by atoms with Crippen LogP contribution in [0.1, 0.15) is 6.42 Å². The second-order valence-electron chi connectivity index (χ2n) is 4.16. The molecule has 18 heavy (non-hydrogen) atoms. The van der Waals surface area contributed by atoms with Crippen LogP contribution in [-0.2, 0) is 9.84 Å². The molecule has 0 bridgehead atoms. The number of rotatable bonds is 3. The molecule has 0 aromatic heterocycles. The molecule has 0 spiro atoms. The van der Waals surface area contributed by atoms with Gasteiger partial charge in [0.15, 0.2) is 9.84 Å². The van der Waals surface area contributed by atoms with Crippen molar-refractivity contribution in [3.63, 3.8) is 0 Å². The Morgan fingerprint density at radius 3 is 2.72 bits per heavy atom. The smallest absolute Gasteiger partial charge is 0.293 e. The van der Waals surface area contributed by atoms with E-state index >= 15 is 0 Å². The predicted octanol–water partition coefficient (Wildman–Crippen LogP) is 1.85. The summed E-state index contributed by atoms with van der Waals surface area (Å²) < 4.78 is 22.6. The fourth-order valence-electron chi connectivity index (χ4n) is 1.91. The summed E-state index contributed by atoms with van der Waals surface area (Å²) in [5, 5.41) is 14.0. The summed E-state index contributed by atoms with van der Waals surface area (Å²) in [5.41, 5.74) is 0.151. The van der Waals surface area contributed by atoms with Crippen molar-refractivity contribution < 1.29 is 13.3 Å². The lowest BCUT2D eigenvalue weighted by atomic mass is 10.2.